The summed E-state index contributed by atoms with van der Waals surface area (Å²) in [5.74, 6) is 2.63. The SMILES string of the molecule is CCCNc1cc(NC(C)(C)C(C)O)nc(C(C)C)n1. The van der Waals surface area contributed by atoms with Crippen LogP contribution in [0.1, 0.15) is 59.7 Å². The van der Waals surface area contributed by atoms with E-state index in [-0.39, 0.29) is 5.92 Å². The van der Waals surface area contributed by atoms with E-state index in [1.807, 2.05) is 19.9 Å². The Hall–Kier alpha value is -1.36. The first-order chi connectivity index (χ1) is 9.26. The lowest BCUT2D eigenvalue weighted by Crippen LogP contribution is -2.42. The first kappa shape index (κ1) is 16.7. The minimum atomic E-state index is -0.480. The van der Waals surface area contributed by atoms with E-state index >= 15 is 0 Å². The smallest absolute Gasteiger partial charge is 0.135 e. The summed E-state index contributed by atoms with van der Waals surface area (Å²) in [7, 11) is 0. The third-order valence-electron chi connectivity index (χ3n) is 3.31. The summed E-state index contributed by atoms with van der Waals surface area (Å²) in [5.41, 5.74) is -0.440. The van der Waals surface area contributed by atoms with E-state index in [2.05, 4.69) is 41.4 Å². The van der Waals surface area contributed by atoms with Gasteiger partial charge in [0.15, 0.2) is 0 Å². The van der Waals surface area contributed by atoms with Crippen LogP contribution >= 0.6 is 0 Å². The highest BCUT2D eigenvalue weighted by Crippen LogP contribution is 2.21. The first-order valence-corrected chi connectivity index (χ1v) is 7.35. The number of rotatable bonds is 7. The fourth-order valence-electron chi connectivity index (χ4n) is 1.57. The van der Waals surface area contributed by atoms with E-state index in [1.54, 1.807) is 6.92 Å². The van der Waals surface area contributed by atoms with Crippen LogP contribution < -0.4 is 10.6 Å². The lowest BCUT2D eigenvalue weighted by Gasteiger charge is -2.30. The molecule has 0 aliphatic heterocycles. The molecule has 3 N–H and O–H groups in total. The lowest BCUT2D eigenvalue weighted by molar-refractivity contribution is 0.133. The zero-order chi connectivity index (χ0) is 15.3. The summed E-state index contributed by atoms with van der Waals surface area (Å²) in [6.07, 6.45) is 0.565. The molecule has 0 spiro atoms. The number of hydrogen-bond acceptors (Lipinski definition) is 5. The van der Waals surface area contributed by atoms with Crippen LogP contribution in [0, 0.1) is 0 Å². The quantitative estimate of drug-likeness (QED) is 0.716. The number of nitrogens with one attached hydrogen (secondary N) is 2. The van der Waals surface area contributed by atoms with E-state index < -0.39 is 11.6 Å². The molecule has 1 aromatic rings. The summed E-state index contributed by atoms with van der Waals surface area (Å²) in [5, 5.41) is 16.4. The van der Waals surface area contributed by atoms with Gasteiger partial charge in [0.05, 0.1) is 11.6 Å². The van der Waals surface area contributed by atoms with Crippen LogP contribution in [-0.4, -0.2) is 33.3 Å². The molecule has 0 saturated heterocycles. The second-order valence-corrected chi connectivity index (χ2v) is 6.10. The monoisotopic (exact) mass is 280 g/mol. The second-order valence-electron chi connectivity index (χ2n) is 6.10. The number of aliphatic hydroxyl groups excluding tert-OH is 1. The fraction of sp³-hybridized carbons (Fsp3) is 0.733. The predicted molar refractivity (Wildman–Crippen MR) is 84.3 cm³/mol. The molecule has 0 saturated carbocycles. The second kappa shape index (κ2) is 6.88. The summed E-state index contributed by atoms with van der Waals surface area (Å²) in [6, 6.07) is 1.89. The van der Waals surface area contributed by atoms with E-state index in [0.717, 1.165) is 30.4 Å². The molecule has 0 fully saturated rings. The van der Waals surface area contributed by atoms with Gasteiger partial charge in [0.1, 0.15) is 17.5 Å². The van der Waals surface area contributed by atoms with Crippen LogP contribution in [0.15, 0.2) is 6.07 Å². The van der Waals surface area contributed by atoms with Crippen LogP contribution in [0.2, 0.25) is 0 Å². The minimum absolute atomic E-state index is 0.258. The molecule has 0 bridgehead atoms. The summed E-state index contributed by atoms with van der Waals surface area (Å²) in [6.45, 7) is 12.8. The molecule has 20 heavy (non-hydrogen) atoms. The fourth-order valence-corrected chi connectivity index (χ4v) is 1.57. The average Bonchev–Trinajstić information content (AvgIpc) is 2.35. The molecule has 1 heterocycles. The van der Waals surface area contributed by atoms with Crippen molar-refractivity contribution in [1.29, 1.82) is 0 Å². The number of hydrogen-bond donors (Lipinski definition) is 3. The third-order valence-corrected chi connectivity index (χ3v) is 3.31. The van der Waals surface area contributed by atoms with Gasteiger partial charge in [-0.15, -0.1) is 0 Å². The summed E-state index contributed by atoms with van der Waals surface area (Å²) in [4.78, 5) is 9.06. The van der Waals surface area contributed by atoms with Crippen LogP contribution in [-0.2, 0) is 0 Å². The number of aliphatic hydroxyl groups is 1. The Kier molecular flexibility index (Phi) is 5.74. The van der Waals surface area contributed by atoms with Gasteiger partial charge >= 0.3 is 0 Å². The van der Waals surface area contributed by atoms with E-state index in [9.17, 15) is 5.11 Å². The molecule has 0 aromatic carbocycles. The molecular formula is C15H28N4O. The van der Waals surface area contributed by atoms with Crippen LogP contribution in [0.5, 0.6) is 0 Å². The van der Waals surface area contributed by atoms with Gasteiger partial charge in [0, 0.05) is 18.5 Å². The van der Waals surface area contributed by atoms with Crippen molar-refractivity contribution >= 4 is 11.6 Å². The van der Waals surface area contributed by atoms with Gasteiger partial charge in [-0.25, -0.2) is 9.97 Å². The van der Waals surface area contributed by atoms with Crippen molar-refractivity contribution in [1.82, 2.24) is 9.97 Å². The Balaban J connectivity index is 3.02. The highest BCUT2D eigenvalue weighted by atomic mass is 16.3. The highest BCUT2D eigenvalue weighted by Gasteiger charge is 2.24. The van der Waals surface area contributed by atoms with Gasteiger partial charge in [0.25, 0.3) is 0 Å². The zero-order valence-corrected chi connectivity index (χ0v) is 13.5. The zero-order valence-electron chi connectivity index (χ0n) is 13.5. The van der Waals surface area contributed by atoms with Gasteiger partial charge < -0.3 is 15.7 Å². The van der Waals surface area contributed by atoms with Gasteiger partial charge in [0.2, 0.25) is 0 Å². The number of aromatic nitrogens is 2. The molecule has 5 nitrogen and oxygen atoms in total. The Labute approximate surface area is 122 Å². The van der Waals surface area contributed by atoms with Crippen molar-refractivity contribution < 1.29 is 5.11 Å². The molecule has 5 heteroatoms. The standard InChI is InChI=1S/C15H28N4O/c1-7-8-16-12-9-13(18-14(17-12)10(2)3)19-15(5,6)11(4)20/h9-11,20H,7-8H2,1-6H3,(H2,16,17,18,19). The summed E-state index contributed by atoms with van der Waals surface area (Å²) >= 11 is 0. The van der Waals surface area contributed by atoms with Gasteiger partial charge in [-0.05, 0) is 27.2 Å². The van der Waals surface area contributed by atoms with E-state index in [4.69, 9.17) is 0 Å². The maximum absolute atomic E-state index is 9.81. The third kappa shape index (κ3) is 4.63. The average molecular weight is 280 g/mol. The Morgan fingerprint density at radius 1 is 1.20 bits per heavy atom. The molecular weight excluding hydrogens is 252 g/mol. The highest BCUT2D eigenvalue weighted by molar-refractivity contribution is 5.49. The van der Waals surface area contributed by atoms with Crippen molar-refractivity contribution in [3.63, 3.8) is 0 Å². The molecule has 0 amide bonds. The molecule has 114 valence electrons. The van der Waals surface area contributed by atoms with Crippen LogP contribution in [0.3, 0.4) is 0 Å². The number of nitrogens with zero attached hydrogens (tertiary/aromatic N) is 2. The van der Waals surface area contributed by atoms with Crippen LogP contribution in [0.4, 0.5) is 11.6 Å². The topological polar surface area (TPSA) is 70.1 Å². The Morgan fingerprint density at radius 3 is 2.30 bits per heavy atom. The predicted octanol–water partition coefficient (Wildman–Crippen LogP) is 2.99. The molecule has 1 unspecified atom stereocenters. The molecule has 0 radical (unpaired) electrons. The van der Waals surface area contributed by atoms with E-state index in [0.29, 0.717) is 0 Å². The van der Waals surface area contributed by atoms with Gasteiger partial charge in [-0.2, -0.15) is 0 Å². The molecule has 1 aromatic heterocycles. The molecule has 0 aliphatic rings. The Bertz CT molecular complexity index is 430. The summed E-state index contributed by atoms with van der Waals surface area (Å²) < 4.78 is 0. The van der Waals surface area contributed by atoms with Crippen molar-refractivity contribution in [2.45, 2.75) is 65.5 Å². The van der Waals surface area contributed by atoms with Crippen molar-refractivity contribution in [3.8, 4) is 0 Å². The molecule has 1 atom stereocenters. The van der Waals surface area contributed by atoms with Gasteiger partial charge in [-0.1, -0.05) is 20.8 Å². The van der Waals surface area contributed by atoms with Crippen molar-refractivity contribution in [2.75, 3.05) is 17.2 Å². The molecule has 1 rings (SSSR count). The first-order valence-electron chi connectivity index (χ1n) is 7.35. The van der Waals surface area contributed by atoms with Crippen molar-refractivity contribution in [2.24, 2.45) is 0 Å². The normalized spacial score (nSPS) is 13.4. The van der Waals surface area contributed by atoms with Crippen molar-refractivity contribution in [3.05, 3.63) is 11.9 Å². The van der Waals surface area contributed by atoms with Crippen LogP contribution in [0.25, 0.3) is 0 Å². The maximum atomic E-state index is 9.81. The Morgan fingerprint density at radius 2 is 1.80 bits per heavy atom. The van der Waals surface area contributed by atoms with Gasteiger partial charge in [-0.3, -0.25) is 0 Å². The number of anilines is 2. The van der Waals surface area contributed by atoms with E-state index in [1.165, 1.54) is 0 Å². The largest absolute Gasteiger partial charge is 0.391 e. The minimum Gasteiger partial charge on any atom is -0.391 e. The molecule has 0 aliphatic carbocycles. The lowest BCUT2D eigenvalue weighted by atomic mass is 9.99. The maximum Gasteiger partial charge on any atom is 0.135 e.